The molecule has 2 atom stereocenters. The highest BCUT2D eigenvalue weighted by molar-refractivity contribution is 5.10. The Morgan fingerprint density at radius 3 is 3.05 bits per heavy atom. The highest BCUT2D eigenvalue weighted by Crippen LogP contribution is 2.20. The number of aliphatic hydroxyl groups is 1. The predicted octanol–water partition coefficient (Wildman–Crippen LogP) is 1.72. The second kappa shape index (κ2) is 7.67. The first-order valence-electron chi connectivity index (χ1n) is 7.44. The highest BCUT2D eigenvalue weighted by atomic mass is 19.1. The topological polar surface area (TPSA) is 48.4 Å². The standard InChI is InChI=1S/C15H24FN3O/c1-2-17-15(14-6-5-12(16)10-18-14)7-9-19-8-3-4-13(19)11-20/h5-6,10,13,15,17,20H,2-4,7-9,11H2,1H3. The Morgan fingerprint density at radius 2 is 2.40 bits per heavy atom. The number of hydrogen-bond donors (Lipinski definition) is 2. The fourth-order valence-electron chi connectivity index (χ4n) is 2.89. The summed E-state index contributed by atoms with van der Waals surface area (Å²) >= 11 is 0. The number of likely N-dealkylation sites (tertiary alicyclic amines) is 1. The van der Waals surface area contributed by atoms with Gasteiger partial charge in [0.25, 0.3) is 0 Å². The minimum absolute atomic E-state index is 0.139. The average Bonchev–Trinajstić information content (AvgIpc) is 2.92. The minimum Gasteiger partial charge on any atom is -0.395 e. The molecule has 4 nitrogen and oxygen atoms in total. The first kappa shape index (κ1) is 15.4. The van der Waals surface area contributed by atoms with Gasteiger partial charge in [-0.05, 0) is 44.5 Å². The van der Waals surface area contributed by atoms with Gasteiger partial charge in [0.15, 0.2) is 0 Å². The molecule has 5 heteroatoms. The predicted molar refractivity (Wildman–Crippen MR) is 76.9 cm³/mol. The Labute approximate surface area is 120 Å². The van der Waals surface area contributed by atoms with Crippen LogP contribution in [0.25, 0.3) is 0 Å². The van der Waals surface area contributed by atoms with E-state index < -0.39 is 0 Å². The third-order valence-electron chi connectivity index (χ3n) is 3.97. The Hall–Kier alpha value is -1.04. The van der Waals surface area contributed by atoms with Crippen molar-refractivity contribution in [1.82, 2.24) is 15.2 Å². The van der Waals surface area contributed by atoms with Gasteiger partial charge in [-0.15, -0.1) is 0 Å². The van der Waals surface area contributed by atoms with E-state index in [4.69, 9.17) is 0 Å². The third-order valence-corrected chi connectivity index (χ3v) is 3.97. The molecule has 1 aromatic heterocycles. The maximum Gasteiger partial charge on any atom is 0.141 e. The van der Waals surface area contributed by atoms with E-state index in [1.165, 1.54) is 12.3 Å². The SMILES string of the molecule is CCNC(CCN1CCCC1CO)c1ccc(F)cn1. The van der Waals surface area contributed by atoms with Gasteiger partial charge >= 0.3 is 0 Å². The van der Waals surface area contributed by atoms with Crippen LogP contribution in [0, 0.1) is 5.82 Å². The van der Waals surface area contributed by atoms with Crippen molar-refractivity contribution in [3.8, 4) is 0 Å². The zero-order chi connectivity index (χ0) is 14.4. The van der Waals surface area contributed by atoms with Crippen molar-refractivity contribution in [3.05, 3.63) is 29.8 Å². The van der Waals surface area contributed by atoms with Crippen molar-refractivity contribution in [1.29, 1.82) is 0 Å². The van der Waals surface area contributed by atoms with E-state index in [1.54, 1.807) is 6.07 Å². The molecule has 0 aliphatic carbocycles. The van der Waals surface area contributed by atoms with Gasteiger partial charge in [-0.2, -0.15) is 0 Å². The van der Waals surface area contributed by atoms with E-state index in [0.717, 1.165) is 44.6 Å². The second-order valence-electron chi connectivity index (χ2n) is 5.31. The van der Waals surface area contributed by atoms with Crippen LogP contribution in [0.5, 0.6) is 0 Å². The van der Waals surface area contributed by atoms with Gasteiger partial charge in [0.05, 0.1) is 24.5 Å². The Kier molecular flexibility index (Phi) is 5.88. The van der Waals surface area contributed by atoms with Crippen molar-refractivity contribution >= 4 is 0 Å². The summed E-state index contributed by atoms with van der Waals surface area (Å²) in [7, 11) is 0. The Balaban J connectivity index is 1.93. The molecule has 0 saturated carbocycles. The summed E-state index contributed by atoms with van der Waals surface area (Å²) in [6.07, 6.45) is 4.43. The maximum atomic E-state index is 12.9. The van der Waals surface area contributed by atoms with Crippen molar-refractivity contribution in [3.63, 3.8) is 0 Å². The molecule has 2 rings (SSSR count). The number of pyridine rings is 1. The van der Waals surface area contributed by atoms with Gasteiger partial charge < -0.3 is 10.4 Å². The van der Waals surface area contributed by atoms with Crippen LogP contribution in [0.4, 0.5) is 4.39 Å². The molecule has 1 saturated heterocycles. The van der Waals surface area contributed by atoms with Crippen LogP contribution in [0.1, 0.15) is 37.9 Å². The average molecular weight is 281 g/mol. The molecule has 1 aliphatic rings. The number of aromatic nitrogens is 1. The lowest BCUT2D eigenvalue weighted by Crippen LogP contribution is -2.35. The van der Waals surface area contributed by atoms with Crippen LogP contribution >= 0.6 is 0 Å². The minimum atomic E-state index is -0.302. The molecule has 112 valence electrons. The normalized spacial score (nSPS) is 21.2. The van der Waals surface area contributed by atoms with Crippen LogP contribution in [0.2, 0.25) is 0 Å². The molecule has 1 aliphatic heterocycles. The molecule has 1 fully saturated rings. The maximum absolute atomic E-state index is 12.9. The Morgan fingerprint density at radius 1 is 1.55 bits per heavy atom. The summed E-state index contributed by atoms with van der Waals surface area (Å²) in [6, 6.07) is 3.65. The highest BCUT2D eigenvalue weighted by Gasteiger charge is 2.24. The van der Waals surface area contributed by atoms with Gasteiger partial charge in [-0.3, -0.25) is 9.88 Å². The largest absolute Gasteiger partial charge is 0.395 e. The molecule has 0 amide bonds. The lowest BCUT2D eigenvalue weighted by molar-refractivity contribution is 0.154. The summed E-state index contributed by atoms with van der Waals surface area (Å²) in [5.74, 6) is -0.302. The summed E-state index contributed by atoms with van der Waals surface area (Å²) in [4.78, 5) is 6.52. The first-order valence-corrected chi connectivity index (χ1v) is 7.44. The molecule has 0 radical (unpaired) electrons. The summed E-state index contributed by atoms with van der Waals surface area (Å²) < 4.78 is 12.9. The molecule has 2 heterocycles. The summed E-state index contributed by atoms with van der Waals surface area (Å²) in [5, 5.41) is 12.7. The van der Waals surface area contributed by atoms with Gasteiger partial charge in [-0.25, -0.2) is 4.39 Å². The monoisotopic (exact) mass is 281 g/mol. The molecule has 20 heavy (non-hydrogen) atoms. The van der Waals surface area contributed by atoms with Crippen molar-refractivity contribution < 1.29 is 9.50 Å². The van der Waals surface area contributed by atoms with E-state index in [9.17, 15) is 9.50 Å². The van der Waals surface area contributed by atoms with Crippen LogP contribution < -0.4 is 5.32 Å². The Bertz CT molecular complexity index is 399. The number of hydrogen-bond acceptors (Lipinski definition) is 4. The van der Waals surface area contributed by atoms with Crippen molar-refractivity contribution in [2.24, 2.45) is 0 Å². The van der Waals surface area contributed by atoms with E-state index >= 15 is 0 Å². The lowest BCUT2D eigenvalue weighted by Gasteiger charge is -2.25. The molecule has 1 aromatic rings. The van der Waals surface area contributed by atoms with Gasteiger partial charge in [0.1, 0.15) is 5.82 Å². The van der Waals surface area contributed by atoms with Gasteiger partial charge in [0.2, 0.25) is 0 Å². The smallest absolute Gasteiger partial charge is 0.141 e. The quantitative estimate of drug-likeness (QED) is 0.799. The number of rotatable bonds is 7. The van der Waals surface area contributed by atoms with E-state index in [0.29, 0.717) is 6.04 Å². The zero-order valence-corrected chi connectivity index (χ0v) is 12.1. The summed E-state index contributed by atoms with van der Waals surface area (Å²) in [5.41, 5.74) is 0.882. The van der Waals surface area contributed by atoms with Crippen molar-refractivity contribution in [2.75, 3.05) is 26.2 Å². The fourth-order valence-corrected chi connectivity index (χ4v) is 2.89. The second-order valence-corrected chi connectivity index (χ2v) is 5.31. The number of nitrogens with zero attached hydrogens (tertiary/aromatic N) is 2. The molecule has 0 spiro atoms. The first-order chi connectivity index (χ1) is 9.74. The molecule has 0 aromatic carbocycles. The zero-order valence-electron chi connectivity index (χ0n) is 12.1. The number of halogens is 1. The fraction of sp³-hybridized carbons (Fsp3) is 0.667. The van der Waals surface area contributed by atoms with E-state index in [-0.39, 0.29) is 18.5 Å². The molecule has 0 bridgehead atoms. The van der Waals surface area contributed by atoms with Crippen LogP contribution in [0.15, 0.2) is 18.3 Å². The molecule has 2 N–H and O–H groups in total. The van der Waals surface area contributed by atoms with Gasteiger partial charge in [0, 0.05) is 12.6 Å². The van der Waals surface area contributed by atoms with Crippen LogP contribution in [0.3, 0.4) is 0 Å². The lowest BCUT2D eigenvalue weighted by atomic mass is 10.1. The number of nitrogens with one attached hydrogen (secondary N) is 1. The molecule has 2 unspecified atom stereocenters. The van der Waals surface area contributed by atoms with E-state index in [1.807, 2.05) is 0 Å². The van der Waals surface area contributed by atoms with Crippen molar-refractivity contribution in [2.45, 2.75) is 38.3 Å². The molecular weight excluding hydrogens is 257 g/mol. The van der Waals surface area contributed by atoms with Crippen LogP contribution in [-0.4, -0.2) is 47.3 Å². The molecular formula is C15H24FN3O. The van der Waals surface area contributed by atoms with Gasteiger partial charge in [-0.1, -0.05) is 6.92 Å². The third kappa shape index (κ3) is 3.98. The van der Waals surface area contributed by atoms with Crippen LogP contribution in [-0.2, 0) is 0 Å². The number of aliphatic hydroxyl groups excluding tert-OH is 1. The van der Waals surface area contributed by atoms with E-state index in [2.05, 4.69) is 22.1 Å². The summed E-state index contributed by atoms with van der Waals surface area (Å²) in [6.45, 7) is 5.14.